The first-order chi connectivity index (χ1) is 37.8. The Balaban J connectivity index is 0.000000201. The number of rotatable bonds is 13. The fraction of sp³-hybridized carbons (Fsp3) is 0.482. The molecule has 0 bridgehead atoms. The number of amidine groups is 1. The molecule has 5 aliphatic rings. The Labute approximate surface area is 470 Å². The number of aliphatic imine (C=N–C) groups is 1. The Morgan fingerprint density at radius 2 is 1.16 bits per heavy atom. The quantitative estimate of drug-likeness (QED) is 0.0723. The molecule has 79 heavy (non-hydrogen) atoms. The van der Waals surface area contributed by atoms with Gasteiger partial charge in [0.1, 0.15) is 58.7 Å². The van der Waals surface area contributed by atoms with Gasteiger partial charge in [-0.2, -0.15) is 15.0 Å². The van der Waals surface area contributed by atoms with Crippen molar-refractivity contribution in [3.8, 4) is 0 Å². The number of amides is 3. The maximum Gasteiger partial charge on any atom is 0.249 e. The number of hydrogen-bond acceptors (Lipinski definition) is 19. The summed E-state index contributed by atoms with van der Waals surface area (Å²) in [7, 11) is 5.33. The summed E-state index contributed by atoms with van der Waals surface area (Å²) < 4.78 is 0. The summed E-state index contributed by atoms with van der Waals surface area (Å²) in [6.45, 7) is 22.3. The molecule has 0 spiro atoms. The van der Waals surface area contributed by atoms with Crippen molar-refractivity contribution < 1.29 is 19.2 Å². The number of hydrogen-bond donors (Lipinski definition) is 4. The van der Waals surface area contributed by atoms with E-state index in [1.165, 1.54) is 0 Å². The van der Waals surface area contributed by atoms with Crippen molar-refractivity contribution in [1.82, 2.24) is 29.9 Å². The minimum Gasteiger partial charge on any atom is -0.353 e. The summed E-state index contributed by atoms with van der Waals surface area (Å²) >= 11 is 5.87. The molecule has 0 saturated heterocycles. The van der Waals surface area contributed by atoms with Crippen molar-refractivity contribution in [2.75, 3.05) is 100 Å². The number of halogens is 1. The molecule has 424 valence electrons. The number of nitrogens with zero attached hydrogens (tertiary/aromatic N) is 14. The molecule has 23 heteroatoms. The predicted molar refractivity (Wildman–Crippen MR) is 318 cm³/mol. The van der Waals surface area contributed by atoms with Gasteiger partial charge in [0.15, 0.2) is 17.5 Å². The minimum atomic E-state index is -0.207. The molecule has 1 aliphatic carbocycles. The van der Waals surface area contributed by atoms with Crippen LogP contribution < -0.4 is 56.8 Å². The van der Waals surface area contributed by atoms with E-state index < -0.39 is 0 Å². The number of allylic oxidation sites excluding steroid dienone is 6. The van der Waals surface area contributed by atoms with Gasteiger partial charge in [-0.3, -0.25) is 29.1 Å². The van der Waals surface area contributed by atoms with Crippen LogP contribution in [0.25, 0.3) is 0 Å². The van der Waals surface area contributed by atoms with Crippen LogP contribution in [0.5, 0.6) is 0 Å². The first-order valence-electron chi connectivity index (χ1n) is 26.9. The van der Waals surface area contributed by atoms with Gasteiger partial charge in [-0.15, -0.1) is 0 Å². The van der Waals surface area contributed by atoms with Crippen molar-refractivity contribution in [3.05, 3.63) is 95.7 Å². The van der Waals surface area contributed by atoms with E-state index in [1.54, 1.807) is 78.7 Å². The molecule has 3 amide bonds. The van der Waals surface area contributed by atoms with Gasteiger partial charge in [-0.25, -0.2) is 15.0 Å². The van der Waals surface area contributed by atoms with Gasteiger partial charge in [0.2, 0.25) is 41.2 Å². The van der Waals surface area contributed by atoms with Gasteiger partial charge in [0.25, 0.3) is 0 Å². The zero-order valence-electron chi connectivity index (χ0n) is 47.8. The van der Waals surface area contributed by atoms with Crippen LogP contribution in [0.15, 0.2) is 83.8 Å². The number of nitrogens with one attached hydrogen (secondary N) is 1. The smallest absolute Gasteiger partial charge is 0.249 e. The summed E-state index contributed by atoms with van der Waals surface area (Å²) in [5.74, 6) is 4.66. The maximum absolute atomic E-state index is 12.8. The molecule has 7 heterocycles. The molecular formula is C56H80ClN18O4+. The monoisotopic (exact) mass is 1100 g/mol. The Hall–Kier alpha value is -7.49. The van der Waals surface area contributed by atoms with Gasteiger partial charge in [0.05, 0.1) is 31.2 Å². The van der Waals surface area contributed by atoms with Gasteiger partial charge in [-0.05, 0) is 72.4 Å². The molecule has 0 radical (unpaired) electrons. The SMILES string of the molecule is CC[C@@H]1C(=O)N(C)c2cnc(Cl)nc2N1C(C)C.CC[C@@H]1C(=O)N(C)c2cnc(N3CCN=C3c3ccccc3)nc2N1C(C)C.CC[C@@H]1C(=O)N(C)c2cnc(NCCN)nc2N1C(C)C.NCCN.O=CC1=CC=C[C+]=C1. The molecule has 4 aromatic rings. The second kappa shape index (κ2) is 29.5. The number of carbonyl (C=O) groups excluding carboxylic acids is 4. The topological polar surface area (TPSA) is 271 Å². The highest BCUT2D eigenvalue weighted by atomic mass is 35.5. The number of likely N-dealkylation sites (N-methyl/N-ethyl adjacent to an activating group) is 3. The highest BCUT2D eigenvalue weighted by molar-refractivity contribution is 6.28. The molecule has 0 unspecified atom stereocenters. The highest BCUT2D eigenvalue weighted by Gasteiger charge is 2.41. The zero-order valence-corrected chi connectivity index (χ0v) is 48.6. The van der Waals surface area contributed by atoms with Crippen molar-refractivity contribution in [3.63, 3.8) is 0 Å². The fourth-order valence-electron chi connectivity index (χ4n) is 9.46. The summed E-state index contributed by atoms with van der Waals surface area (Å²) in [4.78, 5) is 92.1. The van der Waals surface area contributed by atoms with E-state index in [0.29, 0.717) is 55.9 Å². The number of carbonyl (C=O) groups is 4. The average Bonchev–Trinajstić information content (AvgIpc) is 4.11. The normalized spacial score (nSPS) is 18.0. The largest absolute Gasteiger partial charge is 0.353 e. The molecule has 7 N–H and O–H groups in total. The highest BCUT2D eigenvalue weighted by Crippen LogP contribution is 2.39. The van der Waals surface area contributed by atoms with Crippen LogP contribution in [-0.4, -0.2) is 156 Å². The molecule has 9 rings (SSSR count). The van der Waals surface area contributed by atoms with E-state index >= 15 is 0 Å². The summed E-state index contributed by atoms with van der Waals surface area (Å²) in [5, 5.41) is 3.29. The molecule has 22 nitrogen and oxygen atoms in total. The van der Waals surface area contributed by atoms with Crippen molar-refractivity contribution in [2.45, 2.75) is 118 Å². The van der Waals surface area contributed by atoms with Crippen molar-refractivity contribution in [2.24, 2.45) is 22.2 Å². The second-order valence-electron chi connectivity index (χ2n) is 19.6. The van der Waals surface area contributed by atoms with Crippen LogP contribution in [0.1, 0.15) is 87.1 Å². The lowest BCUT2D eigenvalue weighted by Gasteiger charge is -2.42. The van der Waals surface area contributed by atoms with Crippen LogP contribution in [0.4, 0.5) is 46.4 Å². The number of benzene rings is 1. The van der Waals surface area contributed by atoms with E-state index in [0.717, 1.165) is 72.3 Å². The Kier molecular flexibility index (Phi) is 23.3. The molecule has 0 fully saturated rings. The third-order valence-electron chi connectivity index (χ3n) is 13.3. The predicted octanol–water partition coefficient (Wildman–Crippen LogP) is 5.57. The van der Waals surface area contributed by atoms with Gasteiger partial charge >= 0.3 is 0 Å². The van der Waals surface area contributed by atoms with Gasteiger partial charge < -0.3 is 51.9 Å². The van der Waals surface area contributed by atoms with Crippen LogP contribution in [0.2, 0.25) is 5.28 Å². The summed E-state index contributed by atoms with van der Waals surface area (Å²) in [5.41, 5.74) is 19.2. The van der Waals surface area contributed by atoms with Gasteiger partial charge in [0, 0.05) is 89.7 Å². The van der Waals surface area contributed by atoms with E-state index in [-0.39, 0.29) is 59.3 Å². The number of fused-ring (bicyclic) bond motifs is 3. The van der Waals surface area contributed by atoms with Gasteiger partial charge in [-0.1, -0.05) is 51.1 Å². The first kappa shape index (κ1) is 62.4. The first-order valence-corrected chi connectivity index (χ1v) is 27.3. The fourth-order valence-corrected chi connectivity index (χ4v) is 9.59. The molecule has 3 atom stereocenters. The Bertz CT molecular complexity index is 2820. The molecule has 4 aliphatic heterocycles. The third-order valence-corrected chi connectivity index (χ3v) is 13.5. The number of nitrogens with two attached hydrogens (primary N) is 3. The van der Waals surface area contributed by atoms with E-state index in [4.69, 9.17) is 33.8 Å². The summed E-state index contributed by atoms with van der Waals surface area (Å²) in [6.07, 6.45) is 17.8. The number of aldehydes is 1. The van der Waals surface area contributed by atoms with E-state index in [2.05, 4.69) is 95.8 Å². The molecule has 1 aromatic carbocycles. The Morgan fingerprint density at radius 3 is 1.59 bits per heavy atom. The van der Waals surface area contributed by atoms with Crippen LogP contribution in [-0.2, 0) is 19.2 Å². The molecule has 3 aromatic heterocycles. The third kappa shape index (κ3) is 14.6. The van der Waals surface area contributed by atoms with Crippen LogP contribution >= 0.6 is 11.6 Å². The minimum absolute atomic E-state index is 0.0737. The number of aromatic nitrogens is 6. The lowest BCUT2D eigenvalue weighted by molar-refractivity contribution is -0.120. The number of anilines is 8. The second-order valence-corrected chi connectivity index (χ2v) is 19.9. The van der Waals surface area contributed by atoms with E-state index in [9.17, 15) is 19.2 Å². The van der Waals surface area contributed by atoms with Crippen molar-refractivity contribution >= 4 is 87.9 Å². The molecule has 0 saturated carbocycles. The Morgan fingerprint density at radius 1 is 0.684 bits per heavy atom. The van der Waals surface area contributed by atoms with Crippen LogP contribution in [0, 0.1) is 6.08 Å². The lowest BCUT2D eigenvalue weighted by atomic mass is 10.1. The zero-order chi connectivity index (χ0) is 58.1. The van der Waals surface area contributed by atoms with Crippen molar-refractivity contribution in [1.29, 1.82) is 0 Å². The summed E-state index contributed by atoms with van der Waals surface area (Å²) in [6, 6.07) is 10.1. The molecular weight excluding hydrogens is 1020 g/mol. The standard InChI is InChI=1S/C21H26N6O.C14H24N6O.C12H17ClN4O.C7H5O.C2H8N2/c1-5-16-20(28)25(4)17-13-23-21(24-19(17)27(16)14(2)3)26-12-11-22-18(26)15-9-7-6-8-10-15;1-5-10-13(21)19(4)11-8-17-14(16-7-6-15)18-12(11)20(10)9(2)3;1-5-8-11(18)16(4)9-6-14-12(13)15-10(9)17(8)7(2)3;8-6-7-4-2-1-3-5-7;3-1-2-4/h6-10,13-14,16H,5,11-12H2,1-4H3;8-10H,5-7,15H2,1-4H3,(H,16,17,18);6-8H,5H2,1-4H3;1-2,4-6H;1-4H2/q;;;+1;/t16-;10-;8-;;/m111../s1. The maximum atomic E-state index is 12.8. The van der Waals surface area contributed by atoms with E-state index in [1.807, 2.05) is 57.7 Å². The lowest BCUT2D eigenvalue weighted by Crippen LogP contribution is -2.55. The van der Waals surface area contributed by atoms with Crippen LogP contribution in [0.3, 0.4) is 0 Å². The average molecular weight is 1100 g/mol.